The normalized spacial score (nSPS) is 13.5. The summed E-state index contributed by atoms with van der Waals surface area (Å²) in [5, 5.41) is 3.19. The molecule has 33 heavy (non-hydrogen) atoms. The third-order valence-electron chi connectivity index (χ3n) is 5.33. The zero-order valence-corrected chi connectivity index (χ0v) is 18.7. The van der Waals surface area contributed by atoms with Crippen LogP contribution in [0.1, 0.15) is 24.5 Å². The maximum absolute atomic E-state index is 13.5. The summed E-state index contributed by atoms with van der Waals surface area (Å²) in [6.45, 7) is 2.76. The molecule has 168 valence electrons. The highest BCUT2D eigenvalue weighted by atomic mass is 16.5. The van der Waals surface area contributed by atoms with Gasteiger partial charge in [0.25, 0.3) is 11.8 Å². The molecular formula is C27H26N2O4. The molecule has 1 heterocycles. The van der Waals surface area contributed by atoms with Crippen LogP contribution in [0.25, 0.3) is 5.57 Å². The van der Waals surface area contributed by atoms with Crippen molar-refractivity contribution in [2.24, 2.45) is 0 Å². The van der Waals surface area contributed by atoms with Gasteiger partial charge in [0.15, 0.2) is 0 Å². The van der Waals surface area contributed by atoms with Crippen LogP contribution in [0, 0.1) is 0 Å². The van der Waals surface area contributed by atoms with Gasteiger partial charge in [-0.1, -0.05) is 61.5 Å². The predicted octanol–water partition coefficient (Wildman–Crippen LogP) is 4.88. The van der Waals surface area contributed by atoms with Gasteiger partial charge in [-0.3, -0.25) is 14.5 Å². The average molecular weight is 443 g/mol. The Morgan fingerprint density at radius 1 is 0.879 bits per heavy atom. The Bertz CT molecular complexity index is 1190. The Kier molecular flexibility index (Phi) is 6.74. The SMILES string of the molecule is CCCOc1cccc(NC2=C(c3ccccc3)C(=O)N(Cc3ccccc3OC)C2=O)c1. The van der Waals surface area contributed by atoms with Gasteiger partial charge in [-0.05, 0) is 30.2 Å². The Morgan fingerprint density at radius 3 is 2.39 bits per heavy atom. The molecule has 0 fully saturated rings. The standard InChI is InChI=1S/C27H26N2O4/c1-3-16-33-22-14-9-13-21(17-22)28-25-24(19-10-5-4-6-11-19)26(30)29(27(25)31)18-20-12-7-8-15-23(20)32-2/h4-15,17,28H,3,16,18H2,1-2H3. The number of hydrogen-bond acceptors (Lipinski definition) is 5. The maximum atomic E-state index is 13.5. The van der Waals surface area contributed by atoms with Crippen molar-refractivity contribution in [3.05, 3.63) is 95.7 Å². The number of anilines is 1. The van der Waals surface area contributed by atoms with E-state index in [4.69, 9.17) is 9.47 Å². The van der Waals surface area contributed by atoms with E-state index in [-0.39, 0.29) is 24.1 Å². The highest BCUT2D eigenvalue weighted by Crippen LogP contribution is 2.33. The number of imide groups is 1. The molecule has 1 aliphatic rings. The second-order valence-electron chi connectivity index (χ2n) is 7.63. The van der Waals surface area contributed by atoms with Crippen molar-refractivity contribution in [3.63, 3.8) is 0 Å². The number of nitrogens with zero attached hydrogens (tertiary/aromatic N) is 1. The van der Waals surface area contributed by atoms with Crippen LogP contribution in [0.5, 0.6) is 11.5 Å². The summed E-state index contributed by atoms with van der Waals surface area (Å²) in [6.07, 6.45) is 0.895. The van der Waals surface area contributed by atoms with Crippen molar-refractivity contribution in [1.82, 2.24) is 4.90 Å². The van der Waals surface area contributed by atoms with E-state index in [2.05, 4.69) is 5.32 Å². The topological polar surface area (TPSA) is 67.9 Å². The van der Waals surface area contributed by atoms with Crippen LogP contribution >= 0.6 is 0 Å². The highest BCUT2D eigenvalue weighted by Gasteiger charge is 2.39. The molecule has 3 aromatic carbocycles. The molecular weight excluding hydrogens is 416 g/mol. The minimum atomic E-state index is -0.385. The summed E-state index contributed by atoms with van der Waals surface area (Å²) in [4.78, 5) is 28.2. The Hall–Kier alpha value is -4.06. The summed E-state index contributed by atoms with van der Waals surface area (Å²) in [5.74, 6) is 0.593. The lowest BCUT2D eigenvalue weighted by atomic mass is 10.0. The maximum Gasteiger partial charge on any atom is 0.278 e. The lowest BCUT2D eigenvalue weighted by Crippen LogP contribution is -2.32. The quantitative estimate of drug-likeness (QED) is 0.479. The molecule has 4 rings (SSSR count). The Morgan fingerprint density at radius 2 is 1.64 bits per heavy atom. The molecule has 2 amide bonds. The summed E-state index contributed by atoms with van der Waals surface area (Å²) < 4.78 is 11.1. The van der Waals surface area contributed by atoms with Gasteiger partial charge < -0.3 is 14.8 Å². The first-order valence-corrected chi connectivity index (χ1v) is 10.9. The third-order valence-corrected chi connectivity index (χ3v) is 5.33. The second-order valence-corrected chi connectivity index (χ2v) is 7.63. The number of carbonyl (C=O) groups is 2. The molecule has 3 aromatic rings. The van der Waals surface area contributed by atoms with Gasteiger partial charge in [0.05, 0.1) is 25.8 Å². The van der Waals surface area contributed by atoms with Crippen LogP contribution in [0.2, 0.25) is 0 Å². The van der Waals surface area contributed by atoms with Gasteiger partial charge in [0.2, 0.25) is 0 Å². The molecule has 0 spiro atoms. The van der Waals surface area contributed by atoms with Crippen molar-refractivity contribution in [2.75, 3.05) is 19.0 Å². The minimum Gasteiger partial charge on any atom is -0.496 e. The number of carbonyl (C=O) groups excluding carboxylic acids is 2. The number of amides is 2. The van der Waals surface area contributed by atoms with Crippen LogP contribution < -0.4 is 14.8 Å². The summed E-state index contributed by atoms with van der Waals surface area (Å²) in [6, 6.07) is 24.0. The van der Waals surface area contributed by atoms with Crippen molar-refractivity contribution in [3.8, 4) is 11.5 Å². The van der Waals surface area contributed by atoms with E-state index in [0.29, 0.717) is 34.9 Å². The summed E-state index contributed by atoms with van der Waals surface area (Å²) >= 11 is 0. The number of para-hydroxylation sites is 1. The monoisotopic (exact) mass is 442 g/mol. The number of rotatable bonds is 9. The number of ether oxygens (including phenoxy) is 2. The molecule has 0 radical (unpaired) electrons. The third kappa shape index (κ3) is 4.75. The molecule has 1 aliphatic heterocycles. The van der Waals surface area contributed by atoms with Crippen molar-refractivity contribution >= 4 is 23.1 Å². The van der Waals surface area contributed by atoms with Gasteiger partial charge in [0.1, 0.15) is 17.2 Å². The lowest BCUT2D eigenvalue weighted by molar-refractivity contribution is -0.137. The number of benzene rings is 3. The van der Waals surface area contributed by atoms with Crippen LogP contribution in [-0.4, -0.2) is 30.4 Å². The van der Waals surface area contributed by atoms with Gasteiger partial charge in [-0.25, -0.2) is 0 Å². The summed E-state index contributed by atoms with van der Waals surface area (Å²) in [5.41, 5.74) is 2.70. The molecule has 0 aliphatic carbocycles. The molecule has 0 saturated heterocycles. The second kappa shape index (κ2) is 10.0. The average Bonchev–Trinajstić information content (AvgIpc) is 3.08. The van der Waals surface area contributed by atoms with E-state index < -0.39 is 0 Å². The van der Waals surface area contributed by atoms with Crippen LogP contribution in [0.15, 0.2) is 84.6 Å². The van der Waals surface area contributed by atoms with Gasteiger partial charge in [-0.15, -0.1) is 0 Å². The first-order chi connectivity index (χ1) is 16.1. The fraction of sp³-hybridized carbons (Fsp3) is 0.185. The smallest absolute Gasteiger partial charge is 0.278 e. The zero-order chi connectivity index (χ0) is 23.2. The molecule has 0 atom stereocenters. The molecule has 0 saturated carbocycles. The molecule has 1 N–H and O–H groups in total. The largest absolute Gasteiger partial charge is 0.496 e. The van der Waals surface area contributed by atoms with E-state index in [9.17, 15) is 9.59 Å². The first kappa shape index (κ1) is 22.1. The molecule has 0 bridgehead atoms. The van der Waals surface area contributed by atoms with Crippen molar-refractivity contribution in [1.29, 1.82) is 0 Å². The van der Waals surface area contributed by atoms with E-state index in [1.54, 1.807) is 7.11 Å². The molecule has 6 heteroatoms. The van der Waals surface area contributed by atoms with Gasteiger partial charge in [-0.2, -0.15) is 0 Å². The molecule has 6 nitrogen and oxygen atoms in total. The van der Waals surface area contributed by atoms with Crippen molar-refractivity contribution in [2.45, 2.75) is 19.9 Å². The van der Waals surface area contributed by atoms with Crippen LogP contribution in [0.4, 0.5) is 5.69 Å². The summed E-state index contributed by atoms with van der Waals surface area (Å²) in [7, 11) is 1.57. The van der Waals surface area contributed by atoms with Gasteiger partial charge >= 0.3 is 0 Å². The lowest BCUT2D eigenvalue weighted by Gasteiger charge is -2.17. The Balaban J connectivity index is 1.69. The Labute approximate surface area is 193 Å². The van der Waals surface area contributed by atoms with E-state index in [0.717, 1.165) is 12.0 Å². The number of nitrogens with one attached hydrogen (secondary N) is 1. The van der Waals surface area contributed by atoms with E-state index in [1.165, 1.54) is 4.90 Å². The predicted molar refractivity (Wildman–Crippen MR) is 128 cm³/mol. The van der Waals surface area contributed by atoms with Crippen molar-refractivity contribution < 1.29 is 19.1 Å². The number of hydrogen-bond donors (Lipinski definition) is 1. The van der Waals surface area contributed by atoms with E-state index in [1.807, 2.05) is 85.8 Å². The van der Waals surface area contributed by atoms with Crippen LogP contribution in [0.3, 0.4) is 0 Å². The first-order valence-electron chi connectivity index (χ1n) is 10.9. The van der Waals surface area contributed by atoms with Gasteiger partial charge in [0, 0.05) is 17.3 Å². The van der Waals surface area contributed by atoms with E-state index >= 15 is 0 Å². The fourth-order valence-corrected chi connectivity index (χ4v) is 3.74. The fourth-order valence-electron chi connectivity index (χ4n) is 3.74. The molecule has 0 unspecified atom stereocenters. The number of methoxy groups -OCH3 is 1. The highest BCUT2D eigenvalue weighted by molar-refractivity contribution is 6.36. The zero-order valence-electron chi connectivity index (χ0n) is 18.7. The van der Waals surface area contributed by atoms with Crippen LogP contribution in [-0.2, 0) is 16.1 Å². The molecule has 0 aromatic heterocycles. The minimum absolute atomic E-state index is 0.114.